The number of hydrogen-bond donors (Lipinski definition) is 0. The molecule has 2 aromatic rings. The maximum absolute atomic E-state index is 7.04. The standard InChI is InChI=1S/C18H21ClSi/c1-6-20(19,17-9-7-13(2)15(4)11-17)18-10-8-14(3)16(5)12-18/h6-12H,1H2,2-5H3. The fourth-order valence-electron chi connectivity index (χ4n) is 2.34. The first kappa shape index (κ1) is 15.1. The van der Waals surface area contributed by atoms with Gasteiger partial charge >= 0.3 is 0 Å². The minimum Gasteiger partial charge on any atom is -0.149 e. The molecule has 0 saturated heterocycles. The first-order chi connectivity index (χ1) is 9.38. The van der Waals surface area contributed by atoms with Crippen molar-refractivity contribution in [3.8, 4) is 0 Å². The Labute approximate surface area is 127 Å². The second-order valence-electron chi connectivity index (χ2n) is 5.51. The van der Waals surface area contributed by atoms with Crippen LogP contribution in [-0.4, -0.2) is 7.38 Å². The van der Waals surface area contributed by atoms with E-state index in [9.17, 15) is 0 Å². The van der Waals surface area contributed by atoms with Gasteiger partial charge in [-0.25, -0.2) is 0 Å². The molecule has 2 rings (SSSR count). The SMILES string of the molecule is C=C[Si](Cl)(c1ccc(C)c(C)c1)c1ccc(C)c(C)c1. The second kappa shape index (κ2) is 5.59. The number of benzene rings is 2. The number of halogens is 1. The summed E-state index contributed by atoms with van der Waals surface area (Å²) in [4.78, 5) is 0. The molecule has 0 bridgehead atoms. The van der Waals surface area contributed by atoms with Crippen LogP contribution < -0.4 is 10.4 Å². The van der Waals surface area contributed by atoms with Crippen molar-refractivity contribution in [3.63, 3.8) is 0 Å². The van der Waals surface area contributed by atoms with Gasteiger partial charge in [-0.15, -0.1) is 17.7 Å². The molecule has 0 nitrogen and oxygen atoms in total. The Kier molecular flexibility index (Phi) is 4.21. The molecule has 0 unspecified atom stereocenters. The highest BCUT2D eigenvalue weighted by atomic mass is 35.6. The highest BCUT2D eigenvalue weighted by Crippen LogP contribution is 2.16. The van der Waals surface area contributed by atoms with E-state index < -0.39 is 7.38 Å². The van der Waals surface area contributed by atoms with Crippen LogP contribution in [0.1, 0.15) is 22.3 Å². The molecule has 0 radical (unpaired) electrons. The predicted octanol–water partition coefficient (Wildman–Crippen LogP) is 3.94. The minimum absolute atomic E-state index is 1.21. The van der Waals surface area contributed by atoms with E-state index in [2.05, 4.69) is 70.7 Å². The quantitative estimate of drug-likeness (QED) is 0.595. The van der Waals surface area contributed by atoms with Gasteiger partial charge in [0, 0.05) is 0 Å². The molecule has 0 N–H and O–H groups in total. The summed E-state index contributed by atoms with van der Waals surface area (Å²) in [6.07, 6.45) is 0. The lowest BCUT2D eigenvalue weighted by atomic mass is 10.1. The van der Waals surface area contributed by atoms with Crippen LogP contribution in [-0.2, 0) is 0 Å². The van der Waals surface area contributed by atoms with Crippen molar-refractivity contribution >= 4 is 28.8 Å². The summed E-state index contributed by atoms with van der Waals surface area (Å²) in [6.45, 7) is 12.5. The molecule has 0 aromatic heterocycles. The van der Waals surface area contributed by atoms with Crippen LogP contribution in [0.2, 0.25) is 0 Å². The van der Waals surface area contributed by atoms with E-state index in [4.69, 9.17) is 11.1 Å². The van der Waals surface area contributed by atoms with Crippen LogP contribution in [0.4, 0.5) is 0 Å². The fourth-order valence-corrected chi connectivity index (χ4v) is 5.35. The fraction of sp³-hybridized carbons (Fsp3) is 0.222. The van der Waals surface area contributed by atoms with Crippen molar-refractivity contribution in [2.24, 2.45) is 0 Å². The van der Waals surface area contributed by atoms with Gasteiger partial charge in [-0.3, -0.25) is 0 Å². The van der Waals surface area contributed by atoms with Crippen LogP contribution in [0.25, 0.3) is 0 Å². The van der Waals surface area contributed by atoms with Crippen LogP contribution in [0.15, 0.2) is 48.7 Å². The highest BCUT2D eigenvalue weighted by molar-refractivity contribution is 7.36. The van der Waals surface area contributed by atoms with Gasteiger partial charge in [-0.2, -0.15) is 0 Å². The number of hydrogen-bond acceptors (Lipinski definition) is 0. The lowest BCUT2D eigenvalue weighted by Crippen LogP contribution is -2.52. The van der Waals surface area contributed by atoms with E-state index in [0.29, 0.717) is 0 Å². The van der Waals surface area contributed by atoms with E-state index in [1.165, 1.54) is 32.6 Å². The smallest absolute Gasteiger partial charge is 0.149 e. The van der Waals surface area contributed by atoms with E-state index in [0.717, 1.165) is 0 Å². The zero-order chi connectivity index (χ0) is 14.9. The monoisotopic (exact) mass is 300 g/mol. The van der Waals surface area contributed by atoms with Crippen molar-refractivity contribution in [2.45, 2.75) is 27.7 Å². The van der Waals surface area contributed by atoms with Crippen molar-refractivity contribution in [2.75, 3.05) is 0 Å². The molecule has 2 aromatic carbocycles. The summed E-state index contributed by atoms with van der Waals surface area (Å²) in [5.74, 6) is 0. The first-order valence-corrected chi connectivity index (χ1v) is 9.95. The zero-order valence-electron chi connectivity index (χ0n) is 12.6. The van der Waals surface area contributed by atoms with E-state index in [1.54, 1.807) is 0 Å². The van der Waals surface area contributed by atoms with Crippen LogP contribution in [0, 0.1) is 27.7 Å². The number of rotatable bonds is 3. The van der Waals surface area contributed by atoms with Crippen LogP contribution in [0.3, 0.4) is 0 Å². The second-order valence-corrected chi connectivity index (χ2v) is 10.3. The third-order valence-electron chi connectivity index (χ3n) is 4.14. The molecule has 0 amide bonds. The van der Waals surface area contributed by atoms with Crippen molar-refractivity contribution in [1.82, 2.24) is 0 Å². The summed E-state index contributed by atoms with van der Waals surface area (Å²) in [5.41, 5.74) is 7.12. The maximum Gasteiger partial charge on any atom is 0.240 e. The Bertz CT molecular complexity index is 607. The van der Waals surface area contributed by atoms with Gasteiger partial charge in [0.15, 0.2) is 0 Å². The molecule has 2 heteroatoms. The molecule has 0 spiro atoms. The topological polar surface area (TPSA) is 0 Å². The van der Waals surface area contributed by atoms with Gasteiger partial charge in [0.2, 0.25) is 7.38 Å². The molecule has 0 heterocycles. The maximum atomic E-state index is 7.04. The normalized spacial score (nSPS) is 11.4. The number of aryl methyl sites for hydroxylation is 4. The highest BCUT2D eigenvalue weighted by Gasteiger charge is 2.32. The van der Waals surface area contributed by atoms with E-state index in [-0.39, 0.29) is 0 Å². The van der Waals surface area contributed by atoms with Gasteiger partial charge < -0.3 is 0 Å². The minimum atomic E-state index is -2.35. The average molecular weight is 301 g/mol. The Balaban J connectivity index is 2.60. The van der Waals surface area contributed by atoms with Gasteiger partial charge in [-0.1, -0.05) is 42.1 Å². The lowest BCUT2D eigenvalue weighted by molar-refractivity contribution is 1.35. The van der Waals surface area contributed by atoms with Crippen molar-refractivity contribution in [1.29, 1.82) is 0 Å². The van der Waals surface area contributed by atoms with E-state index in [1.807, 2.05) is 5.70 Å². The third kappa shape index (κ3) is 2.61. The summed E-state index contributed by atoms with van der Waals surface area (Å²) in [5, 5.41) is 2.42. The van der Waals surface area contributed by atoms with Gasteiger partial charge in [0.05, 0.1) is 0 Å². The van der Waals surface area contributed by atoms with Gasteiger partial charge in [-0.05, 0) is 60.3 Å². The van der Waals surface area contributed by atoms with Crippen LogP contribution >= 0.6 is 11.1 Å². The summed E-state index contributed by atoms with van der Waals surface area (Å²) >= 11 is 7.04. The average Bonchev–Trinajstić information content (AvgIpc) is 2.44. The zero-order valence-corrected chi connectivity index (χ0v) is 14.4. The summed E-state index contributed by atoms with van der Waals surface area (Å²) in [6, 6.07) is 13.0. The van der Waals surface area contributed by atoms with Gasteiger partial charge in [0.25, 0.3) is 0 Å². The lowest BCUT2D eigenvalue weighted by Gasteiger charge is -2.23. The Morgan fingerprint density at radius 2 is 1.20 bits per heavy atom. The molecule has 0 fully saturated rings. The molecule has 0 aliphatic carbocycles. The molecular formula is C18H21ClSi. The van der Waals surface area contributed by atoms with Crippen molar-refractivity contribution in [3.05, 3.63) is 70.9 Å². The summed E-state index contributed by atoms with van der Waals surface area (Å²) < 4.78 is 0. The molecule has 0 aliphatic heterocycles. The largest absolute Gasteiger partial charge is 0.240 e. The first-order valence-electron chi connectivity index (χ1n) is 6.86. The molecule has 104 valence electrons. The summed E-state index contributed by atoms with van der Waals surface area (Å²) in [7, 11) is -2.35. The Morgan fingerprint density at radius 3 is 1.50 bits per heavy atom. The molecule has 0 aliphatic rings. The molecular weight excluding hydrogens is 280 g/mol. The molecule has 0 saturated carbocycles. The molecule has 20 heavy (non-hydrogen) atoms. The Morgan fingerprint density at radius 1 is 0.800 bits per heavy atom. The van der Waals surface area contributed by atoms with Gasteiger partial charge in [0.1, 0.15) is 0 Å². The Hall–Kier alpha value is -1.31. The molecule has 0 atom stereocenters. The van der Waals surface area contributed by atoms with E-state index >= 15 is 0 Å². The third-order valence-corrected chi connectivity index (χ3v) is 8.77. The predicted molar refractivity (Wildman–Crippen MR) is 92.9 cm³/mol. The van der Waals surface area contributed by atoms with Crippen molar-refractivity contribution < 1.29 is 0 Å². The van der Waals surface area contributed by atoms with Crippen LogP contribution in [0.5, 0.6) is 0 Å².